The second-order valence-electron chi connectivity index (χ2n) is 6.35. The van der Waals surface area contributed by atoms with Crippen molar-refractivity contribution in [2.75, 3.05) is 6.54 Å². The molecule has 0 bridgehead atoms. The Morgan fingerprint density at radius 2 is 1.78 bits per heavy atom. The molecule has 1 nitrogen and oxygen atoms in total. The number of rotatable bonds is 6. The van der Waals surface area contributed by atoms with E-state index in [9.17, 15) is 4.39 Å². The summed E-state index contributed by atoms with van der Waals surface area (Å²) < 4.78 is 12.8. The van der Waals surface area contributed by atoms with E-state index in [4.69, 9.17) is 0 Å². The molecule has 1 aromatic rings. The fraction of sp³-hybridized carbons (Fsp3) is 0.625. The molecule has 0 saturated carbocycles. The molecular weight excluding hydrogens is 225 g/mol. The van der Waals surface area contributed by atoms with Crippen molar-refractivity contribution in [2.24, 2.45) is 5.41 Å². The third kappa shape index (κ3) is 6.75. The average molecular weight is 251 g/mol. The van der Waals surface area contributed by atoms with Crippen molar-refractivity contribution in [3.05, 3.63) is 35.6 Å². The lowest BCUT2D eigenvalue weighted by molar-refractivity contribution is 0.356. The highest BCUT2D eigenvalue weighted by molar-refractivity contribution is 5.16. The summed E-state index contributed by atoms with van der Waals surface area (Å²) in [4.78, 5) is 0. The Labute approximate surface area is 111 Å². The summed E-state index contributed by atoms with van der Waals surface area (Å²) in [7, 11) is 0. The molecule has 0 aliphatic carbocycles. The minimum atomic E-state index is -0.162. The lowest BCUT2D eigenvalue weighted by atomic mass is 9.90. The fourth-order valence-electron chi connectivity index (χ4n) is 2.01. The number of halogens is 1. The molecule has 0 aliphatic heterocycles. The molecule has 0 saturated heterocycles. The first-order valence-corrected chi connectivity index (χ1v) is 6.85. The minimum absolute atomic E-state index is 0.162. The van der Waals surface area contributed by atoms with Crippen LogP contribution in [-0.4, -0.2) is 12.6 Å². The fourth-order valence-corrected chi connectivity index (χ4v) is 2.01. The van der Waals surface area contributed by atoms with Gasteiger partial charge in [-0.1, -0.05) is 32.9 Å². The SMILES string of the molecule is CC(Cc1ccc(F)cc1)NCCCC(C)(C)C. The number of benzene rings is 1. The maximum absolute atomic E-state index is 12.8. The first-order chi connectivity index (χ1) is 8.37. The normalized spacial score (nSPS) is 13.6. The summed E-state index contributed by atoms with van der Waals surface area (Å²) in [6.07, 6.45) is 3.40. The van der Waals surface area contributed by atoms with Crippen molar-refractivity contribution in [3.8, 4) is 0 Å². The standard InChI is InChI=1S/C16H26FN/c1-13(18-11-5-10-16(2,3)4)12-14-6-8-15(17)9-7-14/h6-9,13,18H,5,10-12H2,1-4H3. The quantitative estimate of drug-likeness (QED) is 0.748. The summed E-state index contributed by atoms with van der Waals surface area (Å²) >= 11 is 0. The van der Waals surface area contributed by atoms with Crippen LogP contribution in [0.2, 0.25) is 0 Å². The van der Waals surface area contributed by atoms with Crippen molar-refractivity contribution in [3.63, 3.8) is 0 Å². The Balaban J connectivity index is 2.21. The maximum atomic E-state index is 12.8. The summed E-state index contributed by atoms with van der Waals surface area (Å²) in [5, 5.41) is 3.52. The molecule has 1 aromatic carbocycles. The zero-order valence-corrected chi connectivity index (χ0v) is 12.1. The molecule has 1 N–H and O–H groups in total. The predicted octanol–water partition coefficient (Wildman–Crippen LogP) is 4.17. The van der Waals surface area contributed by atoms with Crippen LogP contribution < -0.4 is 5.32 Å². The van der Waals surface area contributed by atoms with Gasteiger partial charge in [0.25, 0.3) is 0 Å². The lowest BCUT2D eigenvalue weighted by Gasteiger charge is -2.19. The van der Waals surface area contributed by atoms with E-state index in [1.807, 2.05) is 12.1 Å². The smallest absolute Gasteiger partial charge is 0.123 e. The molecule has 0 aliphatic rings. The molecule has 102 valence electrons. The molecule has 0 fully saturated rings. The highest BCUT2D eigenvalue weighted by Crippen LogP contribution is 2.19. The Hall–Kier alpha value is -0.890. The molecule has 0 amide bonds. The third-order valence-corrected chi connectivity index (χ3v) is 3.05. The molecule has 1 rings (SSSR count). The largest absolute Gasteiger partial charge is 0.314 e. The van der Waals surface area contributed by atoms with Gasteiger partial charge >= 0.3 is 0 Å². The monoisotopic (exact) mass is 251 g/mol. The summed E-state index contributed by atoms with van der Waals surface area (Å²) in [5.41, 5.74) is 1.61. The molecule has 0 spiro atoms. The molecule has 1 unspecified atom stereocenters. The molecule has 0 radical (unpaired) electrons. The molecule has 0 heterocycles. The van der Waals surface area contributed by atoms with Gasteiger partial charge in [-0.15, -0.1) is 0 Å². The zero-order chi connectivity index (χ0) is 13.6. The zero-order valence-electron chi connectivity index (χ0n) is 12.1. The van der Waals surface area contributed by atoms with Crippen LogP contribution >= 0.6 is 0 Å². The Bertz CT molecular complexity index is 337. The van der Waals surface area contributed by atoms with Gasteiger partial charge in [-0.3, -0.25) is 0 Å². The van der Waals surface area contributed by atoms with Crippen molar-refractivity contribution in [2.45, 2.75) is 53.0 Å². The van der Waals surface area contributed by atoms with Crippen LogP contribution in [0.5, 0.6) is 0 Å². The highest BCUT2D eigenvalue weighted by Gasteiger charge is 2.09. The molecular formula is C16H26FN. The van der Waals surface area contributed by atoms with Crippen LogP contribution in [0.25, 0.3) is 0 Å². The maximum Gasteiger partial charge on any atom is 0.123 e. The van der Waals surface area contributed by atoms with Crippen LogP contribution in [0.4, 0.5) is 4.39 Å². The van der Waals surface area contributed by atoms with Crippen LogP contribution in [0.3, 0.4) is 0 Å². The van der Waals surface area contributed by atoms with Crippen LogP contribution in [0, 0.1) is 11.2 Å². The van der Waals surface area contributed by atoms with E-state index in [0.717, 1.165) is 13.0 Å². The third-order valence-electron chi connectivity index (χ3n) is 3.05. The van der Waals surface area contributed by atoms with E-state index in [1.165, 1.54) is 30.5 Å². The van der Waals surface area contributed by atoms with Gasteiger partial charge in [0.1, 0.15) is 5.82 Å². The Morgan fingerprint density at radius 3 is 2.33 bits per heavy atom. The molecule has 2 heteroatoms. The summed E-state index contributed by atoms with van der Waals surface area (Å²) in [5.74, 6) is -0.162. The average Bonchev–Trinajstić information content (AvgIpc) is 2.26. The van der Waals surface area contributed by atoms with Gasteiger partial charge in [0.15, 0.2) is 0 Å². The molecule has 0 aromatic heterocycles. The lowest BCUT2D eigenvalue weighted by Crippen LogP contribution is -2.29. The first-order valence-electron chi connectivity index (χ1n) is 6.85. The van der Waals surface area contributed by atoms with Gasteiger partial charge in [0, 0.05) is 6.04 Å². The second kappa shape index (κ2) is 6.89. The van der Waals surface area contributed by atoms with E-state index in [2.05, 4.69) is 33.0 Å². The first kappa shape index (κ1) is 15.2. The van der Waals surface area contributed by atoms with Gasteiger partial charge < -0.3 is 5.32 Å². The summed E-state index contributed by atoms with van der Waals surface area (Å²) in [6.45, 7) is 10.1. The number of hydrogen-bond acceptors (Lipinski definition) is 1. The van der Waals surface area contributed by atoms with Gasteiger partial charge in [-0.05, 0) is 55.8 Å². The van der Waals surface area contributed by atoms with Gasteiger partial charge in [0.05, 0.1) is 0 Å². The topological polar surface area (TPSA) is 12.0 Å². The van der Waals surface area contributed by atoms with E-state index in [0.29, 0.717) is 11.5 Å². The van der Waals surface area contributed by atoms with Crippen molar-refractivity contribution >= 4 is 0 Å². The molecule has 18 heavy (non-hydrogen) atoms. The number of nitrogens with one attached hydrogen (secondary N) is 1. The predicted molar refractivity (Wildman–Crippen MR) is 76.3 cm³/mol. The van der Waals surface area contributed by atoms with E-state index in [-0.39, 0.29) is 5.82 Å². The van der Waals surface area contributed by atoms with Crippen molar-refractivity contribution < 1.29 is 4.39 Å². The number of hydrogen-bond donors (Lipinski definition) is 1. The van der Waals surface area contributed by atoms with E-state index in [1.54, 1.807) is 0 Å². The van der Waals surface area contributed by atoms with Gasteiger partial charge in [-0.25, -0.2) is 4.39 Å². The molecule has 1 atom stereocenters. The van der Waals surface area contributed by atoms with Gasteiger partial charge in [-0.2, -0.15) is 0 Å². The van der Waals surface area contributed by atoms with E-state index < -0.39 is 0 Å². The Kier molecular flexibility index (Phi) is 5.80. The van der Waals surface area contributed by atoms with E-state index >= 15 is 0 Å². The second-order valence-corrected chi connectivity index (χ2v) is 6.35. The summed E-state index contributed by atoms with van der Waals surface area (Å²) in [6, 6.07) is 7.23. The van der Waals surface area contributed by atoms with Crippen LogP contribution in [-0.2, 0) is 6.42 Å². The van der Waals surface area contributed by atoms with Crippen LogP contribution in [0.15, 0.2) is 24.3 Å². The van der Waals surface area contributed by atoms with Crippen molar-refractivity contribution in [1.82, 2.24) is 5.32 Å². The van der Waals surface area contributed by atoms with Crippen LogP contribution in [0.1, 0.15) is 46.1 Å². The van der Waals surface area contributed by atoms with Crippen molar-refractivity contribution in [1.29, 1.82) is 0 Å². The highest BCUT2D eigenvalue weighted by atomic mass is 19.1. The minimum Gasteiger partial charge on any atom is -0.314 e. The Morgan fingerprint density at radius 1 is 1.17 bits per heavy atom. The van der Waals surface area contributed by atoms with Gasteiger partial charge in [0.2, 0.25) is 0 Å².